The van der Waals surface area contributed by atoms with E-state index in [-0.39, 0.29) is 0 Å². The number of alkyl halides is 3. The maximum atomic E-state index is 12.3. The first-order chi connectivity index (χ1) is 9.49. The van der Waals surface area contributed by atoms with Crippen LogP contribution in [0, 0.1) is 0 Å². The van der Waals surface area contributed by atoms with E-state index in [1.807, 2.05) is 0 Å². The summed E-state index contributed by atoms with van der Waals surface area (Å²) in [5.74, 6) is -0.471. The molecule has 21 heavy (non-hydrogen) atoms. The molecule has 1 rings (SSSR count). The molecular formula is C14H15F3O3S. The lowest BCUT2D eigenvalue weighted by atomic mass is 9.84. The highest BCUT2D eigenvalue weighted by Gasteiger charge is 2.48. The molecule has 0 aliphatic rings. The Kier molecular flexibility index (Phi) is 4.88. The topological polar surface area (TPSA) is 43.4 Å². The van der Waals surface area contributed by atoms with Gasteiger partial charge in [-0.15, -0.1) is 0 Å². The van der Waals surface area contributed by atoms with Crippen molar-refractivity contribution in [1.82, 2.24) is 0 Å². The summed E-state index contributed by atoms with van der Waals surface area (Å²) in [7, 11) is -5.70. The Morgan fingerprint density at radius 3 is 2.14 bits per heavy atom. The van der Waals surface area contributed by atoms with Crippen molar-refractivity contribution >= 4 is 10.1 Å². The third-order valence-electron chi connectivity index (χ3n) is 2.71. The fraction of sp³-hybridized carbons (Fsp3) is 0.286. The highest BCUT2D eigenvalue weighted by molar-refractivity contribution is 7.87. The van der Waals surface area contributed by atoms with Crippen LogP contribution in [0.15, 0.2) is 54.8 Å². The molecule has 0 aromatic heterocycles. The van der Waals surface area contributed by atoms with Gasteiger partial charge in [0.2, 0.25) is 0 Å². The molecule has 0 unspecified atom stereocenters. The molecule has 116 valence electrons. The molecule has 0 saturated carbocycles. The van der Waals surface area contributed by atoms with E-state index in [9.17, 15) is 21.6 Å². The van der Waals surface area contributed by atoms with Crippen molar-refractivity contribution in [3.8, 4) is 0 Å². The van der Waals surface area contributed by atoms with Crippen LogP contribution in [-0.4, -0.2) is 13.9 Å². The lowest BCUT2D eigenvalue weighted by Gasteiger charge is -2.22. The van der Waals surface area contributed by atoms with E-state index >= 15 is 0 Å². The zero-order valence-electron chi connectivity index (χ0n) is 11.5. The van der Waals surface area contributed by atoms with Crippen LogP contribution in [0.5, 0.6) is 0 Å². The third-order valence-corrected chi connectivity index (χ3v) is 3.69. The van der Waals surface area contributed by atoms with E-state index in [2.05, 4.69) is 10.8 Å². The van der Waals surface area contributed by atoms with Crippen LogP contribution >= 0.6 is 0 Å². The fourth-order valence-corrected chi connectivity index (χ4v) is 2.06. The highest BCUT2D eigenvalue weighted by atomic mass is 32.2. The average Bonchev–Trinajstić information content (AvgIpc) is 2.37. The smallest absolute Gasteiger partial charge is 0.376 e. The average molecular weight is 320 g/mol. The Morgan fingerprint density at radius 2 is 1.71 bits per heavy atom. The predicted octanol–water partition coefficient (Wildman–Crippen LogP) is 3.90. The Bertz CT molecular complexity index is 629. The molecule has 0 saturated heterocycles. The maximum Gasteiger partial charge on any atom is 0.534 e. The number of halogens is 3. The summed E-state index contributed by atoms with van der Waals surface area (Å²) >= 11 is 0. The molecule has 0 aliphatic carbocycles. The van der Waals surface area contributed by atoms with Gasteiger partial charge in [-0.2, -0.15) is 21.6 Å². The van der Waals surface area contributed by atoms with Gasteiger partial charge in [0, 0.05) is 5.41 Å². The first-order valence-electron chi connectivity index (χ1n) is 5.91. The minimum absolute atomic E-state index is 0.471. The molecule has 0 spiro atoms. The summed E-state index contributed by atoms with van der Waals surface area (Å²) in [4.78, 5) is 0. The standard InChI is InChI=1S/C14H15F3O3S/c1-4-12(20-21(18,19)14(15,16)17)10-13(2,3)11-8-6-5-7-9-11/h4-10H,1H2,2-3H3/b12-10-. The Labute approximate surface area is 121 Å². The van der Waals surface area contributed by atoms with Gasteiger partial charge in [-0.05, 0) is 17.7 Å². The molecule has 0 aliphatic heterocycles. The molecule has 1 aromatic carbocycles. The minimum Gasteiger partial charge on any atom is -0.376 e. The van der Waals surface area contributed by atoms with Crippen molar-refractivity contribution in [1.29, 1.82) is 0 Å². The van der Waals surface area contributed by atoms with Gasteiger partial charge in [0.25, 0.3) is 0 Å². The van der Waals surface area contributed by atoms with E-state index < -0.39 is 26.8 Å². The molecule has 0 bridgehead atoms. The van der Waals surface area contributed by atoms with Gasteiger partial charge in [0.1, 0.15) is 5.76 Å². The Morgan fingerprint density at radius 1 is 1.19 bits per heavy atom. The van der Waals surface area contributed by atoms with Crippen molar-refractivity contribution in [2.45, 2.75) is 24.8 Å². The van der Waals surface area contributed by atoms with E-state index in [0.29, 0.717) is 0 Å². The molecule has 0 fully saturated rings. The molecule has 7 heteroatoms. The van der Waals surface area contributed by atoms with Gasteiger partial charge >= 0.3 is 15.6 Å². The number of benzene rings is 1. The number of rotatable bonds is 5. The first kappa shape index (κ1) is 17.3. The minimum atomic E-state index is -5.70. The lowest BCUT2D eigenvalue weighted by molar-refractivity contribution is -0.0520. The van der Waals surface area contributed by atoms with Crippen molar-refractivity contribution in [2.75, 3.05) is 0 Å². The summed E-state index contributed by atoms with van der Waals surface area (Å²) in [6.45, 7) is 6.72. The van der Waals surface area contributed by atoms with Crippen molar-refractivity contribution in [3.63, 3.8) is 0 Å². The maximum absolute atomic E-state index is 12.3. The Balaban J connectivity index is 3.14. The van der Waals surface area contributed by atoms with Gasteiger partial charge in [0.05, 0.1) is 0 Å². The molecular weight excluding hydrogens is 305 g/mol. The predicted molar refractivity (Wildman–Crippen MR) is 73.8 cm³/mol. The van der Waals surface area contributed by atoms with E-state index in [4.69, 9.17) is 0 Å². The highest BCUT2D eigenvalue weighted by Crippen LogP contribution is 2.30. The molecule has 0 heterocycles. The Hall–Kier alpha value is -1.76. The number of hydrogen-bond donors (Lipinski definition) is 0. The second-order valence-corrected chi connectivity index (χ2v) is 6.36. The van der Waals surface area contributed by atoms with E-state index in [0.717, 1.165) is 11.6 Å². The molecule has 1 aromatic rings. The van der Waals surface area contributed by atoms with Gasteiger partial charge in [-0.3, -0.25) is 0 Å². The second kappa shape index (κ2) is 5.93. The summed E-state index contributed by atoms with van der Waals surface area (Å²) < 4.78 is 63.0. The van der Waals surface area contributed by atoms with Gasteiger partial charge in [0.15, 0.2) is 0 Å². The third kappa shape index (κ3) is 4.35. The molecule has 0 radical (unpaired) electrons. The monoisotopic (exact) mass is 320 g/mol. The van der Waals surface area contributed by atoms with Crippen LogP contribution in [0.2, 0.25) is 0 Å². The van der Waals surface area contributed by atoms with Crippen molar-refractivity contribution < 1.29 is 25.8 Å². The normalized spacial score (nSPS) is 13.9. The van der Waals surface area contributed by atoms with E-state index in [1.165, 1.54) is 6.08 Å². The SMILES string of the molecule is C=C/C(=C/C(C)(C)c1ccccc1)OS(=O)(=O)C(F)(F)F. The zero-order valence-corrected chi connectivity index (χ0v) is 12.3. The van der Waals surface area contributed by atoms with Gasteiger partial charge in [-0.1, -0.05) is 50.8 Å². The fourth-order valence-electron chi connectivity index (χ4n) is 1.60. The quantitative estimate of drug-likeness (QED) is 0.358. The van der Waals surface area contributed by atoms with Crippen LogP contribution in [0.3, 0.4) is 0 Å². The molecule has 0 N–H and O–H groups in total. The van der Waals surface area contributed by atoms with Crippen LogP contribution in [0.25, 0.3) is 0 Å². The largest absolute Gasteiger partial charge is 0.534 e. The molecule has 0 amide bonds. The number of hydrogen-bond acceptors (Lipinski definition) is 3. The van der Waals surface area contributed by atoms with E-state index in [1.54, 1.807) is 44.2 Å². The second-order valence-electron chi connectivity index (χ2n) is 4.82. The van der Waals surface area contributed by atoms with Crippen LogP contribution in [0.4, 0.5) is 13.2 Å². The molecule has 0 atom stereocenters. The van der Waals surface area contributed by atoms with Gasteiger partial charge in [-0.25, -0.2) is 0 Å². The summed E-state index contributed by atoms with van der Waals surface area (Å²) in [5, 5.41) is 0. The van der Waals surface area contributed by atoms with Crippen molar-refractivity contribution in [2.24, 2.45) is 0 Å². The zero-order chi connectivity index (χ0) is 16.3. The summed E-state index contributed by atoms with van der Waals surface area (Å²) in [6.07, 6.45) is 2.20. The van der Waals surface area contributed by atoms with Crippen LogP contribution in [-0.2, 0) is 19.7 Å². The lowest BCUT2D eigenvalue weighted by Crippen LogP contribution is -2.25. The van der Waals surface area contributed by atoms with Gasteiger partial charge < -0.3 is 4.18 Å². The summed E-state index contributed by atoms with van der Waals surface area (Å²) in [5.41, 5.74) is -5.42. The van der Waals surface area contributed by atoms with Crippen LogP contribution in [0.1, 0.15) is 19.4 Å². The van der Waals surface area contributed by atoms with Crippen molar-refractivity contribution in [3.05, 3.63) is 60.4 Å². The summed E-state index contributed by atoms with van der Waals surface area (Å²) in [6, 6.07) is 8.88. The first-order valence-corrected chi connectivity index (χ1v) is 7.32. The van der Waals surface area contributed by atoms with Crippen LogP contribution < -0.4 is 0 Å². The molecule has 3 nitrogen and oxygen atoms in total. The number of allylic oxidation sites excluding steroid dienone is 2.